The molecule has 1 heterocycles. The normalized spacial score (nSPS) is 21.4. The Balaban J connectivity index is 1.99. The van der Waals surface area contributed by atoms with Crippen molar-refractivity contribution in [3.05, 3.63) is 29.8 Å². The van der Waals surface area contributed by atoms with Crippen LogP contribution in [0.1, 0.15) is 18.9 Å². The summed E-state index contributed by atoms with van der Waals surface area (Å²) < 4.78 is 72.9. The molecule has 0 saturated carbocycles. The van der Waals surface area contributed by atoms with Crippen molar-refractivity contribution in [2.24, 2.45) is 0 Å². The van der Waals surface area contributed by atoms with Gasteiger partial charge >= 0.3 is 18.4 Å². The molecule has 10 heteroatoms. The van der Waals surface area contributed by atoms with Gasteiger partial charge in [0, 0.05) is 13.3 Å². The van der Waals surface area contributed by atoms with Crippen LogP contribution < -0.4 is 4.74 Å². The average Bonchev–Trinajstić information content (AvgIpc) is 2.87. The molecular weight excluding hydrogens is 353 g/mol. The van der Waals surface area contributed by atoms with E-state index in [1.165, 1.54) is 0 Å². The molecule has 0 aliphatic carbocycles. The van der Waals surface area contributed by atoms with Crippen LogP contribution in [-0.2, 0) is 10.9 Å². The molecule has 2 rings (SSSR count). The molecule has 5 nitrogen and oxygen atoms in total. The largest absolute Gasteiger partial charge is 0.489 e. The molecule has 1 saturated heterocycles. The van der Waals surface area contributed by atoms with Gasteiger partial charge in [0.15, 0.2) is 0 Å². The summed E-state index contributed by atoms with van der Waals surface area (Å²) in [5.41, 5.74) is -0.838. The van der Waals surface area contributed by atoms with E-state index in [1.807, 2.05) is 0 Å². The standard InChI is InChI=1S/C15H16F5NO4/c1-14(16,17)24-8-10-6-12(7-21(10)13(22)23)25-11-4-2-9(3-5-11)15(18,19)20/h2-5,10,12H,6-8H2,1H3,(H,22,23)/t10-,12+/m0/s1. The zero-order valence-electron chi connectivity index (χ0n) is 13.1. The molecule has 0 radical (unpaired) electrons. The van der Waals surface area contributed by atoms with Gasteiger partial charge in [-0.15, -0.1) is 0 Å². The number of amides is 1. The fourth-order valence-electron chi connectivity index (χ4n) is 2.51. The van der Waals surface area contributed by atoms with Gasteiger partial charge in [0.25, 0.3) is 0 Å². The van der Waals surface area contributed by atoms with Crippen molar-refractivity contribution in [3.63, 3.8) is 0 Å². The molecule has 1 aromatic rings. The maximum Gasteiger partial charge on any atom is 0.416 e. The van der Waals surface area contributed by atoms with Gasteiger partial charge in [-0.3, -0.25) is 4.90 Å². The van der Waals surface area contributed by atoms with Crippen molar-refractivity contribution < 1.29 is 41.3 Å². The number of likely N-dealkylation sites (tertiary alicyclic amines) is 1. The van der Waals surface area contributed by atoms with E-state index in [4.69, 9.17) is 9.84 Å². The van der Waals surface area contributed by atoms with Crippen LogP contribution in [-0.4, -0.2) is 47.5 Å². The second-order valence-electron chi connectivity index (χ2n) is 5.71. The maximum atomic E-state index is 12.8. The molecule has 0 aromatic heterocycles. The highest BCUT2D eigenvalue weighted by Crippen LogP contribution is 2.31. The smallest absolute Gasteiger partial charge is 0.416 e. The van der Waals surface area contributed by atoms with Crippen LogP contribution in [0.2, 0.25) is 0 Å². The van der Waals surface area contributed by atoms with Crippen molar-refractivity contribution in [1.82, 2.24) is 4.90 Å². The third-order valence-corrected chi connectivity index (χ3v) is 3.64. The minimum absolute atomic E-state index is 0.0867. The van der Waals surface area contributed by atoms with Crippen molar-refractivity contribution >= 4 is 6.09 Å². The van der Waals surface area contributed by atoms with Crippen LogP contribution in [0.3, 0.4) is 0 Å². The highest BCUT2D eigenvalue weighted by Gasteiger charge is 2.38. The van der Waals surface area contributed by atoms with E-state index >= 15 is 0 Å². The first kappa shape index (κ1) is 19.2. The lowest BCUT2D eigenvalue weighted by Gasteiger charge is -2.22. The van der Waals surface area contributed by atoms with E-state index in [0.29, 0.717) is 6.92 Å². The first-order valence-corrected chi connectivity index (χ1v) is 7.31. The number of ether oxygens (including phenoxy) is 2. The number of carboxylic acid groups (broad SMARTS) is 1. The Morgan fingerprint density at radius 3 is 2.32 bits per heavy atom. The predicted molar refractivity (Wildman–Crippen MR) is 75.6 cm³/mol. The Hall–Kier alpha value is -2.10. The number of alkyl halides is 5. The summed E-state index contributed by atoms with van der Waals surface area (Å²) in [5.74, 6) is 0.130. The molecule has 1 amide bonds. The summed E-state index contributed by atoms with van der Waals surface area (Å²) in [6, 6.07) is 3.10. The Bertz CT molecular complexity index is 599. The average molecular weight is 369 g/mol. The number of carbonyl (C=O) groups is 1. The lowest BCUT2D eigenvalue weighted by molar-refractivity contribution is -0.229. The van der Waals surface area contributed by atoms with Crippen LogP contribution in [0.5, 0.6) is 5.75 Å². The number of nitrogens with zero attached hydrogens (tertiary/aromatic N) is 1. The van der Waals surface area contributed by atoms with Crippen LogP contribution in [0.15, 0.2) is 24.3 Å². The van der Waals surface area contributed by atoms with Crippen LogP contribution in [0, 0.1) is 0 Å². The van der Waals surface area contributed by atoms with Gasteiger partial charge in [-0.05, 0) is 24.3 Å². The van der Waals surface area contributed by atoms with E-state index in [0.717, 1.165) is 29.2 Å². The van der Waals surface area contributed by atoms with E-state index in [-0.39, 0.29) is 18.7 Å². The van der Waals surface area contributed by atoms with Crippen molar-refractivity contribution in [2.45, 2.75) is 37.8 Å². The van der Waals surface area contributed by atoms with Gasteiger partial charge in [0.05, 0.1) is 24.8 Å². The number of hydrogen-bond donors (Lipinski definition) is 1. The number of hydrogen-bond acceptors (Lipinski definition) is 3. The maximum absolute atomic E-state index is 12.8. The molecule has 1 aromatic carbocycles. The van der Waals surface area contributed by atoms with Crippen molar-refractivity contribution in [3.8, 4) is 5.75 Å². The fourth-order valence-corrected chi connectivity index (χ4v) is 2.51. The topological polar surface area (TPSA) is 59.0 Å². The Labute approximate surface area is 139 Å². The number of benzene rings is 1. The molecule has 0 spiro atoms. The van der Waals surface area contributed by atoms with Gasteiger partial charge in [-0.1, -0.05) is 0 Å². The molecule has 25 heavy (non-hydrogen) atoms. The monoisotopic (exact) mass is 369 g/mol. The molecule has 0 bridgehead atoms. The molecule has 1 aliphatic rings. The van der Waals surface area contributed by atoms with Gasteiger partial charge in [0.1, 0.15) is 11.9 Å². The highest BCUT2D eigenvalue weighted by atomic mass is 19.4. The van der Waals surface area contributed by atoms with Crippen LogP contribution in [0.25, 0.3) is 0 Å². The van der Waals surface area contributed by atoms with Crippen molar-refractivity contribution in [2.75, 3.05) is 13.2 Å². The molecular formula is C15H16F5NO4. The van der Waals surface area contributed by atoms with Gasteiger partial charge in [-0.25, -0.2) is 4.79 Å². The zero-order valence-corrected chi connectivity index (χ0v) is 13.1. The third-order valence-electron chi connectivity index (χ3n) is 3.64. The zero-order chi connectivity index (χ0) is 18.8. The first-order chi connectivity index (χ1) is 11.5. The summed E-state index contributed by atoms with van der Waals surface area (Å²) in [6.07, 6.45) is -9.77. The molecule has 0 unspecified atom stereocenters. The van der Waals surface area contributed by atoms with Crippen LogP contribution in [0.4, 0.5) is 26.7 Å². The van der Waals surface area contributed by atoms with E-state index in [2.05, 4.69) is 4.74 Å². The van der Waals surface area contributed by atoms with Crippen molar-refractivity contribution in [1.29, 1.82) is 0 Å². The summed E-state index contributed by atoms with van der Waals surface area (Å²) >= 11 is 0. The lowest BCUT2D eigenvalue weighted by Crippen LogP contribution is -2.39. The van der Waals surface area contributed by atoms with Crippen LogP contribution >= 0.6 is 0 Å². The Morgan fingerprint density at radius 1 is 1.24 bits per heavy atom. The molecule has 2 atom stereocenters. The lowest BCUT2D eigenvalue weighted by atomic mass is 10.2. The Kier molecular flexibility index (Phi) is 5.40. The summed E-state index contributed by atoms with van der Waals surface area (Å²) in [7, 11) is 0. The minimum atomic E-state index is -4.47. The number of halogens is 5. The quantitative estimate of drug-likeness (QED) is 0.802. The molecule has 1 fully saturated rings. The second kappa shape index (κ2) is 7.03. The summed E-state index contributed by atoms with van der Waals surface area (Å²) in [5, 5.41) is 9.13. The minimum Gasteiger partial charge on any atom is -0.489 e. The second-order valence-corrected chi connectivity index (χ2v) is 5.71. The van der Waals surface area contributed by atoms with E-state index in [9.17, 15) is 26.7 Å². The molecule has 1 aliphatic heterocycles. The SMILES string of the molecule is CC(F)(F)OC[C@@H]1C[C@@H](Oc2ccc(C(F)(F)F)cc2)CN1C(=O)O. The highest BCUT2D eigenvalue weighted by molar-refractivity contribution is 5.66. The number of rotatable bonds is 5. The summed E-state index contributed by atoms with van der Waals surface area (Å²) in [4.78, 5) is 12.1. The first-order valence-electron chi connectivity index (χ1n) is 7.31. The molecule has 140 valence electrons. The van der Waals surface area contributed by atoms with E-state index < -0.39 is 42.7 Å². The summed E-state index contributed by atoms with van der Waals surface area (Å²) in [6.45, 7) is -0.0639. The molecule has 1 N–H and O–H groups in total. The van der Waals surface area contributed by atoms with Gasteiger partial charge in [0.2, 0.25) is 0 Å². The third kappa shape index (κ3) is 5.45. The Morgan fingerprint density at radius 2 is 1.84 bits per heavy atom. The predicted octanol–water partition coefficient (Wildman–Crippen LogP) is 3.83. The van der Waals surface area contributed by atoms with Gasteiger partial charge < -0.3 is 14.6 Å². The fraction of sp³-hybridized carbons (Fsp3) is 0.533. The van der Waals surface area contributed by atoms with Gasteiger partial charge in [-0.2, -0.15) is 22.0 Å². The van der Waals surface area contributed by atoms with E-state index in [1.54, 1.807) is 0 Å².